The predicted molar refractivity (Wildman–Crippen MR) is 88.7 cm³/mol. The first-order valence-corrected chi connectivity index (χ1v) is 7.32. The summed E-state index contributed by atoms with van der Waals surface area (Å²) in [5.41, 5.74) is 5.13. The van der Waals surface area contributed by atoms with E-state index >= 15 is 0 Å². The summed E-state index contributed by atoms with van der Waals surface area (Å²) in [5.74, 6) is 0. The van der Waals surface area contributed by atoms with E-state index in [4.69, 9.17) is 0 Å². The summed E-state index contributed by atoms with van der Waals surface area (Å²) < 4.78 is 0. The van der Waals surface area contributed by atoms with Crippen molar-refractivity contribution in [1.29, 1.82) is 0 Å². The maximum atomic E-state index is 3.52. The highest BCUT2D eigenvalue weighted by molar-refractivity contribution is 5.51. The number of nitrogens with zero attached hydrogens (tertiary/aromatic N) is 1. The highest BCUT2D eigenvalue weighted by Crippen LogP contribution is 2.16. The quantitative estimate of drug-likeness (QED) is 0.843. The fourth-order valence-electron chi connectivity index (χ4n) is 2.32. The van der Waals surface area contributed by atoms with Crippen LogP contribution < -0.4 is 10.2 Å². The predicted octanol–water partition coefficient (Wildman–Crippen LogP) is 4.24. The van der Waals surface area contributed by atoms with Crippen molar-refractivity contribution in [2.24, 2.45) is 0 Å². The van der Waals surface area contributed by atoms with Gasteiger partial charge in [-0.2, -0.15) is 0 Å². The number of para-hydroxylation sites is 1. The molecule has 0 heterocycles. The Labute approximate surface area is 122 Å². The van der Waals surface area contributed by atoms with Gasteiger partial charge in [0.2, 0.25) is 0 Å². The van der Waals surface area contributed by atoms with Crippen LogP contribution in [-0.2, 0) is 0 Å². The molecule has 2 rings (SSSR count). The molecule has 0 aliphatic carbocycles. The molecule has 106 valence electrons. The minimum Gasteiger partial charge on any atom is -0.383 e. The van der Waals surface area contributed by atoms with Crippen molar-refractivity contribution in [2.45, 2.75) is 20.8 Å². The average molecular weight is 268 g/mol. The fourth-order valence-corrected chi connectivity index (χ4v) is 2.32. The van der Waals surface area contributed by atoms with Gasteiger partial charge in [0.05, 0.1) is 0 Å². The average Bonchev–Trinajstić information content (AvgIpc) is 2.47. The van der Waals surface area contributed by atoms with Gasteiger partial charge in [0.15, 0.2) is 0 Å². The van der Waals surface area contributed by atoms with Gasteiger partial charge < -0.3 is 10.2 Å². The van der Waals surface area contributed by atoms with E-state index in [1.807, 2.05) is 0 Å². The number of benzene rings is 2. The summed E-state index contributed by atoms with van der Waals surface area (Å²) in [6.45, 7) is 9.45. The summed E-state index contributed by atoms with van der Waals surface area (Å²) in [7, 11) is 0. The smallest absolute Gasteiger partial charge is 0.0370 e. The van der Waals surface area contributed by atoms with Gasteiger partial charge in [-0.15, -0.1) is 0 Å². The zero-order chi connectivity index (χ0) is 14.4. The van der Waals surface area contributed by atoms with Gasteiger partial charge in [0.1, 0.15) is 0 Å². The number of hydrogen-bond donors (Lipinski definition) is 1. The highest BCUT2D eigenvalue weighted by atomic mass is 15.1. The maximum Gasteiger partial charge on any atom is 0.0370 e. The molecular formula is C18H24N2. The molecule has 0 aliphatic heterocycles. The second kappa shape index (κ2) is 6.99. The molecule has 0 spiro atoms. The van der Waals surface area contributed by atoms with Crippen molar-refractivity contribution in [3.8, 4) is 0 Å². The molecule has 0 unspecified atom stereocenters. The molecule has 2 heteroatoms. The van der Waals surface area contributed by atoms with Crippen LogP contribution in [0, 0.1) is 13.8 Å². The van der Waals surface area contributed by atoms with E-state index in [0.29, 0.717) is 0 Å². The Bertz CT molecular complexity index is 531. The maximum absolute atomic E-state index is 3.52. The zero-order valence-electron chi connectivity index (χ0n) is 12.7. The molecule has 2 aromatic carbocycles. The second-order valence-electron chi connectivity index (χ2n) is 5.16. The number of likely N-dealkylation sites (N-methyl/N-ethyl adjacent to an activating group) is 1. The van der Waals surface area contributed by atoms with Crippen LogP contribution in [0.1, 0.15) is 18.1 Å². The lowest BCUT2D eigenvalue weighted by Crippen LogP contribution is -2.28. The van der Waals surface area contributed by atoms with Crippen LogP contribution in [-0.4, -0.2) is 19.6 Å². The monoisotopic (exact) mass is 268 g/mol. The van der Waals surface area contributed by atoms with Crippen LogP contribution in [0.5, 0.6) is 0 Å². The van der Waals surface area contributed by atoms with Crippen LogP contribution in [0.2, 0.25) is 0 Å². The molecule has 0 atom stereocenters. The third-order valence-corrected chi connectivity index (χ3v) is 3.62. The molecule has 0 radical (unpaired) electrons. The molecule has 0 bridgehead atoms. The van der Waals surface area contributed by atoms with Crippen molar-refractivity contribution in [1.82, 2.24) is 0 Å². The van der Waals surface area contributed by atoms with Gasteiger partial charge in [-0.05, 0) is 44.5 Å². The molecule has 0 aliphatic rings. The van der Waals surface area contributed by atoms with Crippen LogP contribution in [0.4, 0.5) is 11.4 Å². The molecule has 0 saturated heterocycles. The van der Waals surface area contributed by atoms with E-state index in [2.05, 4.69) is 79.5 Å². The van der Waals surface area contributed by atoms with Gasteiger partial charge in [-0.1, -0.05) is 35.9 Å². The van der Waals surface area contributed by atoms with Gasteiger partial charge >= 0.3 is 0 Å². The summed E-state index contributed by atoms with van der Waals surface area (Å²) >= 11 is 0. The Hall–Kier alpha value is -1.96. The van der Waals surface area contributed by atoms with Gasteiger partial charge in [0.25, 0.3) is 0 Å². The summed E-state index contributed by atoms with van der Waals surface area (Å²) in [4.78, 5) is 2.39. The number of anilines is 2. The lowest BCUT2D eigenvalue weighted by Gasteiger charge is -2.24. The van der Waals surface area contributed by atoms with Crippen molar-refractivity contribution in [2.75, 3.05) is 29.9 Å². The van der Waals surface area contributed by atoms with E-state index in [-0.39, 0.29) is 0 Å². The van der Waals surface area contributed by atoms with Crippen LogP contribution >= 0.6 is 0 Å². The molecule has 20 heavy (non-hydrogen) atoms. The molecule has 2 nitrogen and oxygen atoms in total. The van der Waals surface area contributed by atoms with Gasteiger partial charge in [0, 0.05) is 31.0 Å². The van der Waals surface area contributed by atoms with E-state index in [1.54, 1.807) is 0 Å². The molecule has 0 amide bonds. The first kappa shape index (κ1) is 14.4. The first-order valence-electron chi connectivity index (χ1n) is 7.32. The fraction of sp³-hybridized carbons (Fsp3) is 0.333. The van der Waals surface area contributed by atoms with Crippen molar-refractivity contribution in [3.63, 3.8) is 0 Å². The van der Waals surface area contributed by atoms with Gasteiger partial charge in [-0.3, -0.25) is 0 Å². The number of aryl methyl sites for hydroxylation is 2. The van der Waals surface area contributed by atoms with Crippen LogP contribution in [0.3, 0.4) is 0 Å². The zero-order valence-corrected chi connectivity index (χ0v) is 12.7. The van der Waals surface area contributed by atoms with Crippen LogP contribution in [0.15, 0.2) is 48.5 Å². The standard InChI is InChI=1S/C18H24N2/c1-4-20(17-11-9-15(2)10-12-17)14-13-19-18-8-6-5-7-16(18)3/h5-12,19H,4,13-14H2,1-3H3. The largest absolute Gasteiger partial charge is 0.383 e. The Kier molecular flexibility index (Phi) is 5.05. The SMILES string of the molecule is CCN(CCNc1ccccc1C)c1ccc(C)cc1. The van der Waals surface area contributed by atoms with E-state index in [1.165, 1.54) is 22.5 Å². The van der Waals surface area contributed by atoms with E-state index in [9.17, 15) is 0 Å². The molecule has 1 N–H and O–H groups in total. The Morgan fingerprint density at radius 1 is 0.950 bits per heavy atom. The molecule has 0 saturated carbocycles. The van der Waals surface area contributed by atoms with E-state index in [0.717, 1.165) is 19.6 Å². The topological polar surface area (TPSA) is 15.3 Å². The molecule has 2 aromatic rings. The normalized spacial score (nSPS) is 10.3. The van der Waals surface area contributed by atoms with Crippen molar-refractivity contribution < 1.29 is 0 Å². The van der Waals surface area contributed by atoms with Crippen molar-refractivity contribution in [3.05, 3.63) is 59.7 Å². The second-order valence-corrected chi connectivity index (χ2v) is 5.16. The highest BCUT2D eigenvalue weighted by Gasteiger charge is 2.03. The molecule has 0 aromatic heterocycles. The lowest BCUT2D eigenvalue weighted by molar-refractivity contribution is 0.834. The van der Waals surface area contributed by atoms with Crippen LogP contribution in [0.25, 0.3) is 0 Å². The Balaban J connectivity index is 1.91. The molecular weight excluding hydrogens is 244 g/mol. The minimum atomic E-state index is 0.951. The third kappa shape index (κ3) is 3.77. The third-order valence-electron chi connectivity index (χ3n) is 3.62. The Morgan fingerprint density at radius 2 is 1.65 bits per heavy atom. The first-order chi connectivity index (χ1) is 9.70. The minimum absolute atomic E-state index is 0.951. The lowest BCUT2D eigenvalue weighted by atomic mass is 10.2. The van der Waals surface area contributed by atoms with E-state index < -0.39 is 0 Å². The summed E-state index contributed by atoms with van der Waals surface area (Å²) in [5, 5.41) is 3.52. The molecule has 0 fully saturated rings. The number of rotatable bonds is 6. The van der Waals surface area contributed by atoms with Crippen molar-refractivity contribution >= 4 is 11.4 Å². The number of hydrogen-bond acceptors (Lipinski definition) is 2. The Morgan fingerprint density at radius 3 is 2.30 bits per heavy atom. The summed E-state index contributed by atoms with van der Waals surface area (Å²) in [6.07, 6.45) is 0. The van der Waals surface area contributed by atoms with Gasteiger partial charge in [-0.25, -0.2) is 0 Å². The number of nitrogens with one attached hydrogen (secondary N) is 1. The summed E-state index contributed by atoms with van der Waals surface area (Å²) in [6, 6.07) is 17.2.